The molecule has 19 heavy (non-hydrogen) atoms. The predicted molar refractivity (Wildman–Crippen MR) is 83.4 cm³/mol. The van der Waals surface area contributed by atoms with Crippen molar-refractivity contribution in [3.05, 3.63) is 49.9 Å². The summed E-state index contributed by atoms with van der Waals surface area (Å²) in [7, 11) is 0. The van der Waals surface area contributed by atoms with Crippen LogP contribution in [0.25, 0.3) is 0 Å². The van der Waals surface area contributed by atoms with E-state index in [1.165, 1.54) is 4.88 Å². The molecule has 1 aromatic heterocycles. The van der Waals surface area contributed by atoms with E-state index in [1.807, 2.05) is 24.4 Å². The van der Waals surface area contributed by atoms with E-state index in [-0.39, 0.29) is 0 Å². The van der Waals surface area contributed by atoms with E-state index in [2.05, 4.69) is 17.2 Å². The van der Waals surface area contributed by atoms with Gasteiger partial charge in [-0.2, -0.15) is 0 Å². The Hall–Kier alpha value is -0.610. The first-order valence-corrected chi connectivity index (χ1v) is 7.84. The van der Waals surface area contributed by atoms with Gasteiger partial charge in [-0.3, -0.25) is 0 Å². The third-order valence-electron chi connectivity index (χ3n) is 2.67. The fourth-order valence-electron chi connectivity index (χ4n) is 1.72. The molecule has 0 aliphatic rings. The maximum atomic E-state index is 6.01. The van der Waals surface area contributed by atoms with E-state index in [0.29, 0.717) is 10.0 Å². The average Bonchev–Trinajstić information content (AvgIpc) is 2.82. The Morgan fingerprint density at radius 2 is 2.11 bits per heavy atom. The van der Waals surface area contributed by atoms with Gasteiger partial charge in [-0.1, -0.05) is 36.2 Å². The van der Waals surface area contributed by atoms with E-state index in [4.69, 9.17) is 23.2 Å². The SMILES string of the molecule is CCCNCc1cnc(Cc2ccc(Cl)c(Cl)c2)s1. The van der Waals surface area contributed by atoms with Gasteiger partial charge in [-0.15, -0.1) is 11.3 Å². The molecule has 1 aromatic carbocycles. The topological polar surface area (TPSA) is 24.9 Å². The molecular formula is C14H16Cl2N2S. The first-order valence-electron chi connectivity index (χ1n) is 6.27. The molecule has 0 amide bonds. The standard InChI is InChI=1S/C14H16Cl2N2S/c1-2-5-17-8-11-9-18-14(19-11)7-10-3-4-12(15)13(16)6-10/h3-4,6,9,17H,2,5,7-8H2,1H3. The highest BCUT2D eigenvalue weighted by atomic mass is 35.5. The highest BCUT2D eigenvalue weighted by molar-refractivity contribution is 7.11. The summed E-state index contributed by atoms with van der Waals surface area (Å²) in [6.07, 6.45) is 3.89. The summed E-state index contributed by atoms with van der Waals surface area (Å²) >= 11 is 13.7. The second-order valence-electron chi connectivity index (χ2n) is 4.32. The molecule has 0 aliphatic heterocycles. The number of halogens is 2. The Morgan fingerprint density at radius 3 is 2.84 bits per heavy atom. The lowest BCUT2D eigenvalue weighted by molar-refractivity contribution is 0.681. The van der Waals surface area contributed by atoms with Crippen LogP contribution in [0.4, 0.5) is 0 Å². The third kappa shape index (κ3) is 4.46. The number of hydrogen-bond acceptors (Lipinski definition) is 3. The minimum absolute atomic E-state index is 0.592. The summed E-state index contributed by atoms with van der Waals surface area (Å²) in [5, 5.41) is 5.67. The largest absolute Gasteiger partial charge is 0.312 e. The molecule has 2 nitrogen and oxygen atoms in total. The van der Waals surface area contributed by atoms with Crippen molar-refractivity contribution >= 4 is 34.5 Å². The van der Waals surface area contributed by atoms with Gasteiger partial charge in [0.25, 0.3) is 0 Å². The first kappa shape index (κ1) is 14.8. The van der Waals surface area contributed by atoms with E-state index >= 15 is 0 Å². The van der Waals surface area contributed by atoms with Crippen molar-refractivity contribution in [3.63, 3.8) is 0 Å². The maximum absolute atomic E-state index is 6.01. The number of benzene rings is 1. The molecule has 0 aliphatic carbocycles. The second kappa shape index (κ2) is 7.25. The number of thiazole rings is 1. The fourth-order valence-corrected chi connectivity index (χ4v) is 2.97. The predicted octanol–water partition coefficient (Wildman–Crippen LogP) is 4.54. The lowest BCUT2D eigenvalue weighted by Crippen LogP contribution is -2.12. The third-order valence-corrected chi connectivity index (χ3v) is 4.40. The van der Waals surface area contributed by atoms with Gasteiger partial charge in [0.1, 0.15) is 0 Å². The normalized spacial score (nSPS) is 10.9. The van der Waals surface area contributed by atoms with Gasteiger partial charge >= 0.3 is 0 Å². The van der Waals surface area contributed by atoms with Gasteiger partial charge in [0.15, 0.2) is 0 Å². The van der Waals surface area contributed by atoms with Gasteiger partial charge in [0.2, 0.25) is 0 Å². The Kier molecular flexibility index (Phi) is 5.64. The summed E-state index contributed by atoms with van der Waals surface area (Å²) in [5.74, 6) is 0. The Labute approximate surface area is 127 Å². The molecular weight excluding hydrogens is 299 g/mol. The van der Waals surface area contributed by atoms with E-state index in [1.54, 1.807) is 11.3 Å². The van der Waals surface area contributed by atoms with Crippen LogP contribution in [0.1, 0.15) is 28.8 Å². The molecule has 0 spiro atoms. The van der Waals surface area contributed by atoms with Crippen LogP contribution >= 0.6 is 34.5 Å². The zero-order valence-electron chi connectivity index (χ0n) is 10.7. The summed E-state index contributed by atoms with van der Waals surface area (Å²) in [4.78, 5) is 5.71. The smallest absolute Gasteiger partial charge is 0.0972 e. The van der Waals surface area contributed by atoms with Gasteiger partial charge in [0.05, 0.1) is 15.1 Å². The van der Waals surface area contributed by atoms with E-state index in [0.717, 1.165) is 36.5 Å². The molecule has 0 radical (unpaired) electrons. The highest BCUT2D eigenvalue weighted by Crippen LogP contribution is 2.24. The van der Waals surface area contributed by atoms with E-state index in [9.17, 15) is 0 Å². The van der Waals surface area contributed by atoms with Crippen LogP contribution in [0.15, 0.2) is 24.4 Å². The molecule has 0 saturated carbocycles. The summed E-state index contributed by atoms with van der Waals surface area (Å²) in [6, 6.07) is 5.72. The van der Waals surface area contributed by atoms with Crippen molar-refractivity contribution in [1.82, 2.24) is 10.3 Å². The Balaban J connectivity index is 1.97. The molecule has 0 unspecified atom stereocenters. The zero-order chi connectivity index (χ0) is 13.7. The molecule has 0 fully saturated rings. The van der Waals surface area contributed by atoms with Crippen molar-refractivity contribution in [2.24, 2.45) is 0 Å². The lowest BCUT2D eigenvalue weighted by atomic mass is 10.2. The minimum Gasteiger partial charge on any atom is -0.312 e. The summed E-state index contributed by atoms with van der Waals surface area (Å²) < 4.78 is 0. The molecule has 2 aromatic rings. The maximum Gasteiger partial charge on any atom is 0.0972 e. The number of nitrogens with zero attached hydrogens (tertiary/aromatic N) is 1. The van der Waals surface area contributed by atoms with Gasteiger partial charge in [-0.25, -0.2) is 4.98 Å². The minimum atomic E-state index is 0.592. The summed E-state index contributed by atoms with van der Waals surface area (Å²) in [5.41, 5.74) is 1.14. The Morgan fingerprint density at radius 1 is 1.26 bits per heavy atom. The molecule has 0 bridgehead atoms. The van der Waals surface area contributed by atoms with Crippen molar-refractivity contribution < 1.29 is 0 Å². The summed E-state index contributed by atoms with van der Waals surface area (Å²) in [6.45, 7) is 4.10. The zero-order valence-corrected chi connectivity index (χ0v) is 13.1. The van der Waals surface area contributed by atoms with Crippen LogP contribution in [0.3, 0.4) is 0 Å². The van der Waals surface area contributed by atoms with Crippen LogP contribution in [-0.2, 0) is 13.0 Å². The first-order chi connectivity index (χ1) is 9.19. The van der Waals surface area contributed by atoms with Gasteiger partial charge in [-0.05, 0) is 30.7 Å². The number of rotatable bonds is 6. The molecule has 0 atom stereocenters. The Bertz CT molecular complexity index is 540. The van der Waals surface area contributed by atoms with Crippen LogP contribution in [-0.4, -0.2) is 11.5 Å². The van der Waals surface area contributed by atoms with Gasteiger partial charge < -0.3 is 5.32 Å². The molecule has 102 valence electrons. The van der Waals surface area contributed by atoms with Crippen LogP contribution in [0, 0.1) is 0 Å². The van der Waals surface area contributed by atoms with E-state index < -0.39 is 0 Å². The fraction of sp³-hybridized carbons (Fsp3) is 0.357. The molecule has 0 saturated heterocycles. The lowest BCUT2D eigenvalue weighted by Gasteiger charge is -2.01. The molecule has 2 rings (SSSR count). The monoisotopic (exact) mass is 314 g/mol. The number of hydrogen-bond donors (Lipinski definition) is 1. The number of nitrogens with one attached hydrogen (secondary N) is 1. The van der Waals surface area contributed by atoms with Gasteiger partial charge in [0, 0.05) is 24.0 Å². The van der Waals surface area contributed by atoms with Crippen molar-refractivity contribution in [3.8, 4) is 0 Å². The highest BCUT2D eigenvalue weighted by Gasteiger charge is 2.05. The van der Waals surface area contributed by atoms with Crippen molar-refractivity contribution in [2.75, 3.05) is 6.54 Å². The van der Waals surface area contributed by atoms with Crippen molar-refractivity contribution in [1.29, 1.82) is 0 Å². The number of aromatic nitrogens is 1. The van der Waals surface area contributed by atoms with Crippen LogP contribution in [0.2, 0.25) is 10.0 Å². The average molecular weight is 315 g/mol. The molecule has 5 heteroatoms. The molecule has 1 N–H and O–H groups in total. The quantitative estimate of drug-likeness (QED) is 0.792. The van der Waals surface area contributed by atoms with Crippen molar-refractivity contribution in [2.45, 2.75) is 26.3 Å². The van der Waals surface area contributed by atoms with Crippen LogP contribution < -0.4 is 5.32 Å². The van der Waals surface area contributed by atoms with Crippen LogP contribution in [0.5, 0.6) is 0 Å². The second-order valence-corrected chi connectivity index (χ2v) is 6.34. The molecule has 1 heterocycles.